The van der Waals surface area contributed by atoms with Gasteiger partial charge in [-0.05, 0) is 54.5 Å². The molecule has 0 atom stereocenters. The minimum atomic E-state index is -0.253. The van der Waals surface area contributed by atoms with Gasteiger partial charge < -0.3 is 15.4 Å². The van der Waals surface area contributed by atoms with Crippen LogP contribution in [0.1, 0.15) is 22.3 Å². The number of carbonyl (C=O) groups excluding carboxylic acids is 2. The molecule has 0 aliphatic rings. The molecule has 2 N–H and O–H groups in total. The van der Waals surface area contributed by atoms with E-state index in [0.717, 1.165) is 12.0 Å². The van der Waals surface area contributed by atoms with Crippen LogP contribution in [-0.2, 0) is 9.53 Å². The maximum Gasteiger partial charge on any atom is 0.251 e. The molecule has 2 amide bonds. The SMILES string of the molecule is COCCCNC(=O)c1ccc(NC(=O)/C=C/c2ccc(Cl)cc2)cc1. The predicted molar refractivity (Wildman–Crippen MR) is 104 cm³/mol. The number of anilines is 1. The van der Waals surface area contributed by atoms with Crippen LogP contribution < -0.4 is 10.6 Å². The zero-order valence-corrected chi connectivity index (χ0v) is 15.3. The van der Waals surface area contributed by atoms with E-state index in [-0.39, 0.29) is 11.8 Å². The van der Waals surface area contributed by atoms with Crippen molar-refractivity contribution in [1.82, 2.24) is 5.32 Å². The fourth-order valence-electron chi connectivity index (χ4n) is 2.16. The Morgan fingerprint density at radius 2 is 1.77 bits per heavy atom. The number of rotatable bonds is 8. The van der Waals surface area contributed by atoms with Crippen LogP contribution in [0, 0.1) is 0 Å². The Bertz CT molecular complexity index is 756. The smallest absolute Gasteiger partial charge is 0.251 e. The highest BCUT2D eigenvalue weighted by atomic mass is 35.5. The summed E-state index contributed by atoms with van der Waals surface area (Å²) in [6, 6.07) is 13.9. The molecule has 0 saturated heterocycles. The second kappa shape index (κ2) is 10.4. The molecule has 2 aromatic carbocycles. The summed E-state index contributed by atoms with van der Waals surface area (Å²) >= 11 is 5.82. The van der Waals surface area contributed by atoms with Gasteiger partial charge in [-0.15, -0.1) is 0 Å². The zero-order valence-electron chi connectivity index (χ0n) is 14.5. The van der Waals surface area contributed by atoms with Crippen LogP contribution in [0.4, 0.5) is 5.69 Å². The van der Waals surface area contributed by atoms with Gasteiger partial charge in [0.05, 0.1) is 0 Å². The second-order valence-electron chi connectivity index (χ2n) is 5.55. The molecule has 26 heavy (non-hydrogen) atoms. The normalized spacial score (nSPS) is 10.7. The maximum atomic E-state index is 12.0. The van der Waals surface area contributed by atoms with Gasteiger partial charge in [0.2, 0.25) is 5.91 Å². The minimum absolute atomic E-state index is 0.151. The molecular weight excluding hydrogens is 352 g/mol. The summed E-state index contributed by atoms with van der Waals surface area (Å²) in [5, 5.41) is 6.21. The first-order chi connectivity index (χ1) is 12.6. The van der Waals surface area contributed by atoms with Gasteiger partial charge >= 0.3 is 0 Å². The van der Waals surface area contributed by atoms with Crippen LogP contribution in [0.5, 0.6) is 0 Å². The third-order valence-corrected chi connectivity index (χ3v) is 3.77. The molecule has 0 spiro atoms. The summed E-state index contributed by atoms with van der Waals surface area (Å²) in [6.07, 6.45) is 3.91. The Hall–Kier alpha value is -2.63. The third kappa shape index (κ3) is 6.70. The molecular formula is C20H21ClN2O3. The number of methoxy groups -OCH3 is 1. The summed E-state index contributed by atoms with van der Waals surface area (Å²) in [5.41, 5.74) is 2.04. The van der Waals surface area contributed by atoms with Gasteiger partial charge in [0.25, 0.3) is 5.91 Å². The summed E-state index contributed by atoms with van der Waals surface area (Å²) in [5.74, 6) is -0.404. The molecule has 2 aromatic rings. The van der Waals surface area contributed by atoms with E-state index in [1.807, 2.05) is 12.1 Å². The minimum Gasteiger partial charge on any atom is -0.385 e. The van der Waals surface area contributed by atoms with Crippen LogP contribution in [0.25, 0.3) is 6.08 Å². The summed E-state index contributed by atoms with van der Waals surface area (Å²) in [4.78, 5) is 23.9. The lowest BCUT2D eigenvalue weighted by Gasteiger charge is -2.06. The number of benzene rings is 2. The van der Waals surface area contributed by atoms with Crippen LogP contribution in [0.2, 0.25) is 5.02 Å². The van der Waals surface area contributed by atoms with Crippen molar-refractivity contribution in [2.75, 3.05) is 25.6 Å². The second-order valence-corrected chi connectivity index (χ2v) is 5.99. The molecule has 6 heteroatoms. The van der Waals surface area contributed by atoms with Crippen molar-refractivity contribution in [1.29, 1.82) is 0 Å². The molecule has 0 aromatic heterocycles. The highest BCUT2D eigenvalue weighted by Crippen LogP contribution is 2.12. The molecule has 0 aliphatic carbocycles. The molecule has 0 heterocycles. The van der Waals surface area contributed by atoms with E-state index in [1.54, 1.807) is 49.6 Å². The molecule has 0 aliphatic heterocycles. The van der Waals surface area contributed by atoms with Gasteiger partial charge in [-0.1, -0.05) is 23.7 Å². The molecule has 5 nitrogen and oxygen atoms in total. The largest absolute Gasteiger partial charge is 0.385 e. The van der Waals surface area contributed by atoms with Gasteiger partial charge in [-0.25, -0.2) is 0 Å². The summed E-state index contributed by atoms with van der Waals surface area (Å²) < 4.78 is 4.93. The van der Waals surface area contributed by atoms with Crippen molar-refractivity contribution in [3.63, 3.8) is 0 Å². The first kappa shape index (κ1) is 19.7. The molecule has 0 unspecified atom stereocenters. The Labute approximate surface area is 158 Å². The van der Waals surface area contributed by atoms with Gasteiger partial charge in [-0.3, -0.25) is 9.59 Å². The Kier molecular flexibility index (Phi) is 7.86. The van der Waals surface area contributed by atoms with Crippen molar-refractivity contribution in [2.24, 2.45) is 0 Å². The van der Waals surface area contributed by atoms with E-state index >= 15 is 0 Å². The molecule has 2 rings (SSSR count). The number of ether oxygens (including phenoxy) is 1. The van der Waals surface area contributed by atoms with E-state index in [4.69, 9.17) is 16.3 Å². The Balaban J connectivity index is 1.85. The van der Waals surface area contributed by atoms with Gasteiger partial charge in [0.1, 0.15) is 0 Å². The number of nitrogens with one attached hydrogen (secondary N) is 2. The van der Waals surface area contributed by atoms with Crippen molar-refractivity contribution in [3.05, 3.63) is 70.8 Å². The maximum absolute atomic E-state index is 12.0. The quantitative estimate of drug-likeness (QED) is 0.547. The molecule has 0 radical (unpaired) electrons. The fraction of sp³-hybridized carbons (Fsp3) is 0.200. The first-order valence-electron chi connectivity index (χ1n) is 8.20. The lowest BCUT2D eigenvalue weighted by atomic mass is 10.2. The zero-order chi connectivity index (χ0) is 18.8. The predicted octanol–water partition coefficient (Wildman–Crippen LogP) is 3.76. The Morgan fingerprint density at radius 1 is 1.08 bits per heavy atom. The van der Waals surface area contributed by atoms with E-state index in [2.05, 4.69) is 10.6 Å². The number of amides is 2. The highest BCUT2D eigenvalue weighted by molar-refractivity contribution is 6.30. The van der Waals surface area contributed by atoms with Crippen LogP contribution in [0.15, 0.2) is 54.6 Å². The summed E-state index contributed by atoms with van der Waals surface area (Å²) in [7, 11) is 1.62. The van der Waals surface area contributed by atoms with Crippen molar-refractivity contribution >= 4 is 35.2 Å². The lowest BCUT2D eigenvalue weighted by molar-refractivity contribution is -0.111. The fourth-order valence-corrected chi connectivity index (χ4v) is 2.28. The number of hydrogen-bond acceptors (Lipinski definition) is 3. The van der Waals surface area contributed by atoms with E-state index in [0.29, 0.717) is 29.4 Å². The lowest BCUT2D eigenvalue weighted by Crippen LogP contribution is -2.25. The van der Waals surface area contributed by atoms with Gasteiger partial charge in [0.15, 0.2) is 0 Å². The van der Waals surface area contributed by atoms with Gasteiger partial charge in [-0.2, -0.15) is 0 Å². The molecule has 136 valence electrons. The molecule has 0 bridgehead atoms. The average molecular weight is 373 g/mol. The van der Waals surface area contributed by atoms with Crippen molar-refractivity contribution in [3.8, 4) is 0 Å². The van der Waals surface area contributed by atoms with Gasteiger partial charge in [0, 0.05) is 42.6 Å². The number of halogens is 1. The first-order valence-corrected chi connectivity index (χ1v) is 8.58. The van der Waals surface area contributed by atoms with Crippen LogP contribution in [0.3, 0.4) is 0 Å². The highest BCUT2D eigenvalue weighted by Gasteiger charge is 2.05. The third-order valence-electron chi connectivity index (χ3n) is 3.52. The number of hydrogen-bond donors (Lipinski definition) is 2. The van der Waals surface area contributed by atoms with E-state index in [9.17, 15) is 9.59 Å². The molecule has 0 saturated carbocycles. The van der Waals surface area contributed by atoms with E-state index < -0.39 is 0 Å². The summed E-state index contributed by atoms with van der Waals surface area (Å²) in [6.45, 7) is 1.16. The molecule has 0 fully saturated rings. The monoisotopic (exact) mass is 372 g/mol. The standard InChI is InChI=1S/C20H21ClN2O3/c1-26-14-2-13-22-20(25)16-6-10-18(11-7-16)23-19(24)12-5-15-3-8-17(21)9-4-15/h3-12H,2,13-14H2,1H3,(H,22,25)(H,23,24)/b12-5+. The average Bonchev–Trinajstić information content (AvgIpc) is 2.65. The van der Waals surface area contributed by atoms with Crippen LogP contribution in [-0.4, -0.2) is 32.1 Å². The van der Waals surface area contributed by atoms with Crippen molar-refractivity contribution < 1.29 is 14.3 Å². The van der Waals surface area contributed by atoms with Crippen molar-refractivity contribution in [2.45, 2.75) is 6.42 Å². The Morgan fingerprint density at radius 3 is 2.42 bits per heavy atom. The van der Waals surface area contributed by atoms with Crippen LogP contribution >= 0.6 is 11.6 Å². The number of carbonyl (C=O) groups is 2. The topological polar surface area (TPSA) is 67.4 Å². The van der Waals surface area contributed by atoms with E-state index in [1.165, 1.54) is 6.08 Å².